The highest BCUT2D eigenvalue weighted by Crippen LogP contribution is 2.16. The number of oxazole rings is 1. The van der Waals surface area contributed by atoms with Gasteiger partial charge in [-0.2, -0.15) is 0 Å². The lowest BCUT2D eigenvalue weighted by Crippen LogP contribution is -1.99. The van der Waals surface area contributed by atoms with Crippen LogP contribution in [0.2, 0.25) is 0 Å². The SMILES string of the molecule is Fc1ccc(/C=C/c2nc(COc3ccc(CCCCn4ccnn4)cc3)co2)cc1. The summed E-state index contributed by atoms with van der Waals surface area (Å²) < 4.78 is 26.0. The molecule has 0 fully saturated rings. The number of halogens is 1. The van der Waals surface area contributed by atoms with Gasteiger partial charge < -0.3 is 9.15 Å². The fourth-order valence-electron chi connectivity index (χ4n) is 3.07. The molecule has 0 bridgehead atoms. The van der Waals surface area contributed by atoms with E-state index in [1.807, 2.05) is 29.1 Å². The predicted octanol–water partition coefficient (Wildman–Crippen LogP) is 5.18. The summed E-state index contributed by atoms with van der Waals surface area (Å²) in [5.41, 5.74) is 2.85. The van der Waals surface area contributed by atoms with Crippen molar-refractivity contribution >= 4 is 12.2 Å². The van der Waals surface area contributed by atoms with Gasteiger partial charge in [0.15, 0.2) is 0 Å². The summed E-state index contributed by atoms with van der Waals surface area (Å²) in [6.45, 7) is 1.21. The van der Waals surface area contributed by atoms with Crippen LogP contribution in [0.3, 0.4) is 0 Å². The van der Waals surface area contributed by atoms with Crippen LogP contribution in [0.1, 0.15) is 35.6 Å². The van der Waals surface area contributed by atoms with Gasteiger partial charge in [0.05, 0.1) is 6.20 Å². The first-order valence-corrected chi connectivity index (χ1v) is 10.2. The third kappa shape index (κ3) is 6.37. The van der Waals surface area contributed by atoms with Crippen molar-refractivity contribution in [2.45, 2.75) is 32.4 Å². The lowest BCUT2D eigenvalue weighted by molar-refractivity contribution is 0.301. The smallest absolute Gasteiger partial charge is 0.218 e. The van der Waals surface area contributed by atoms with Gasteiger partial charge in [0.2, 0.25) is 5.89 Å². The predicted molar refractivity (Wildman–Crippen MR) is 116 cm³/mol. The molecule has 2 aromatic heterocycles. The summed E-state index contributed by atoms with van der Waals surface area (Å²) in [4.78, 5) is 4.38. The Hall–Kier alpha value is -3.74. The number of benzene rings is 2. The Bertz CT molecular complexity index is 1090. The molecule has 0 saturated carbocycles. The lowest BCUT2D eigenvalue weighted by atomic mass is 10.1. The van der Waals surface area contributed by atoms with Crippen molar-refractivity contribution in [1.29, 1.82) is 0 Å². The van der Waals surface area contributed by atoms with E-state index in [-0.39, 0.29) is 5.82 Å². The third-order valence-electron chi connectivity index (χ3n) is 4.74. The number of nitrogens with zero attached hydrogens (tertiary/aromatic N) is 4. The molecule has 0 N–H and O–H groups in total. The van der Waals surface area contributed by atoms with Crippen molar-refractivity contribution in [3.63, 3.8) is 0 Å². The van der Waals surface area contributed by atoms with Gasteiger partial charge in [-0.15, -0.1) is 5.10 Å². The highest BCUT2D eigenvalue weighted by Gasteiger charge is 2.03. The van der Waals surface area contributed by atoms with E-state index in [0.717, 1.165) is 37.1 Å². The molecule has 0 atom stereocenters. The summed E-state index contributed by atoms with van der Waals surface area (Å²) in [6.07, 6.45) is 11.9. The van der Waals surface area contributed by atoms with E-state index in [0.29, 0.717) is 18.2 Å². The van der Waals surface area contributed by atoms with E-state index in [4.69, 9.17) is 9.15 Å². The van der Waals surface area contributed by atoms with E-state index in [2.05, 4.69) is 27.4 Å². The Morgan fingerprint density at radius 1 is 1.00 bits per heavy atom. The number of hydrogen-bond donors (Lipinski definition) is 0. The van der Waals surface area contributed by atoms with Gasteiger partial charge in [-0.1, -0.05) is 29.5 Å². The molecule has 158 valence electrons. The fourth-order valence-corrected chi connectivity index (χ4v) is 3.07. The maximum Gasteiger partial charge on any atom is 0.218 e. The largest absolute Gasteiger partial charge is 0.487 e. The number of aryl methyl sites for hydroxylation is 2. The van der Waals surface area contributed by atoms with Crippen LogP contribution in [-0.2, 0) is 19.6 Å². The van der Waals surface area contributed by atoms with Gasteiger partial charge in [0.1, 0.15) is 30.1 Å². The second kappa shape index (κ2) is 10.3. The van der Waals surface area contributed by atoms with Crippen molar-refractivity contribution in [2.75, 3.05) is 0 Å². The van der Waals surface area contributed by atoms with Gasteiger partial charge in [-0.25, -0.2) is 9.37 Å². The van der Waals surface area contributed by atoms with Crippen LogP contribution in [-0.4, -0.2) is 20.0 Å². The highest BCUT2D eigenvalue weighted by molar-refractivity contribution is 5.65. The number of hydrogen-bond acceptors (Lipinski definition) is 5. The molecule has 0 aliphatic carbocycles. The highest BCUT2D eigenvalue weighted by atomic mass is 19.1. The Kier molecular flexibility index (Phi) is 6.85. The molecular formula is C24H23FN4O2. The Morgan fingerprint density at radius 3 is 2.61 bits per heavy atom. The molecule has 4 rings (SSSR count). The van der Waals surface area contributed by atoms with Crippen LogP contribution in [0, 0.1) is 5.82 Å². The standard InChI is InChI=1S/C24H23FN4O2/c25-21-9-4-20(5-10-21)8-13-24-27-22(18-31-24)17-30-23-11-6-19(7-12-23)3-1-2-15-29-16-14-26-28-29/h4-14,16,18H,1-3,15,17H2/b13-8+. The molecule has 6 nitrogen and oxygen atoms in total. The van der Waals surface area contributed by atoms with Gasteiger partial charge in [-0.3, -0.25) is 4.68 Å². The Labute approximate surface area is 180 Å². The maximum absolute atomic E-state index is 12.9. The lowest BCUT2D eigenvalue weighted by Gasteiger charge is -2.06. The van der Waals surface area contributed by atoms with Gasteiger partial charge in [0, 0.05) is 18.8 Å². The Balaban J connectivity index is 1.20. The molecule has 2 aromatic carbocycles. The van der Waals surface area contributed by atoms with Crippen molar-refractivity contribution in [3.8, 4) is 5.75 Å². The van der Waals surface area contributed by atoms with Crippen molar-refractivity contribution < 1.29 is 13.5 Å². The molecule has 2 heterocycles. The van der Waals surface area contributed by atoms with E-state index in [1.54, 1.807) is 30.7 Å². The van der Waals surface area contributed by atoms with Crippen LogP contribution in [0.5, 0.6) is 5.75 Å². The van der Waals surface area contributed by atoms with Crippen LogP contribution in [0.15, 0.2) is 71.6 Å². The minimum atomic E-state index is -0.260. The average molecular weight is 418 g/mol. The second-order valence-corrected chi connectivity index (χ2v) is 7.12. The molecule has 0 saturated heterocycles. The molecule has 0 unspecified atom stereocenters. The summed E-state index contributed by atoms with van der Waals surface area (Å²) in [7, 11) is 0. The molecule has 0 aliphatic heterocycles. The number of ether oxygens (including phenoxy) is 1. The van der Waals surface area contributed by atoms with E-state index >= 15 is 0 Å². The van der Waals surface area contributed by atoms with E-state index < -0.39 is 0 Å². The van der Waals surface area contributed by atoms with Crippen LogP contribution in [0.4, 0.5) is 4.39 Å². The van der Waals surface area contributed by atoms with Crippen molar-refractivity contribution in [2.24, 2.45) is 0 Å². The molecule has 7 heteroatoms. The van der Waals surface area contributed by atoms with Crippen LogP contribution < -0.4 is 4.74 Å². The summed E-state index contributed by atoms with van der Waals surface area (Å²) in [6, 6.07) is 14.3. The third-order valence-corrected chi connectivity index (χ3v) is 4.74. The quantitative estimate of drug-likeness (QED) is 0.332. The first-order valence-electron chi connectivity index (χ1n) is 10.2. The zero-order valence-corrected chi connectivity index (χ0v) is 17.0. The van der Waals surface area contributed by atoms with E-state index in [9.17, 15) is 4.39 Å². The number of rotatable bonds is 10. The minimum Gasteiger partial charge on any atom is -0.487 e. The summed E-state index contributed by atoms with van der Waals surface area (Å²) >= 11 is 0. The molecule has 0 spiro atoms. The second-order valence-electron chi connectivity index (χ2n) is 7.12. The summed E-state index contributed by atoms with van der Waals surface area (Å²) in [5, 5.41) is 7.78. The molecule has 0 aliphatic rings. The first-order chi connectivity index (χ1) is 15.2. The molecular weight excluding hydrogens is 395 g/mol. The van der Waals surface area contributed by atoms with Crippen LogP contribution >= 0.6 is 0 Å². The number of aromatic nitrogens is 4. The zero-order valence-electron chi connectivity index (χ0n) is 17.0. The summed E-state index contributed by atoms with van der Waals surface area (Å²) in [5.74, 6) is 1.01. The Morgan fingerprint density at radius 2 is 1.84 bits per heavy atom. The van der Waals surface area contributed by atoms with E-state index in [1.165, 1.54) is 17.7 Å². The van der Waals surface area contributed by atoms with Gasteiger partial charge in [-0.05, 0) is 60.7 Å². The van der Waals surface area contributed by atoms with Crippen molar-refractivity contribution in [1.82, 2.24) is 20.0 Å². The minimum absolute atomic E-state index is 0.260. The molecule has 0 amide bonds. The fraction of sp³-hybridized carbons (Fsp3) is 0.208. The topological polar surface area (TPSA) is 66.0 Å². The first kappa shape index (κ1) is 20.5. The van der Waals surface area contributed by atoms with Gasteiger partial charge >= 0.3 is 0 Å². The molecule has 31 heavy (non-hydrogen) atoms. The van der Waals surface area contributed by atoms with Crippen LogP contribution in [0.25, 0.3) is 12.2 Å². The molecule has 4 aromatic rings. The van der Waals surface area contributed by atoms with Crippen molar-refractivity contribution in [3.05, 3.63) is 95.7 Å². The number of unbranched alkanes of at least 4 members (excludes halogenated alkanes) is 1. The normalized spacial score (nSPS) is 11.3. The molecule has 0 radical (unpaired) electrons. The van der Waals surface area contributed by atoms with Gasteiger partial charge in [0.25, 0.3) is 0 Å². The monoisotopic (exact) mass is 418 g/mol. The maximum atomic E-state index is 12.9. The average Bonchev–Trinajstić information content (AvgIpc) is 3.48. The zero-order chi connectivity index (χ0) is 21.3.